The molecular weight excluding hydrogens is 178 g/mol. The molecule has 0 radical (unpaired) electrons. The molecular formula is C11H17NO2. The molecule has 14 heavy (non-hydrogen) atoms. The van der Waals surface area contributed by atoms with Crippen LogP contribution < -0.4 is 10.5 Å². The lowest BCUT2D eigenvalue weighted by molar-refractivity contribution is 0.163. The summed E-state index contributed by atoms with van der Waals surface area (Å²) in [5.41, 5.74) is 6.58. The minimum atomic E-state index is -0.462. The van der Waals surface area contributed by atoms with Crippen molar-refractivity contribution in [1.29, 1.82) is 0 Å². The van der Waals surface area contributed by atoms with Crippen LogP contribution in [-0.4, -0.2) is 24.9 Å². The Balaban J connectivity index is 3.02. The standard InChI is InChI=1S/C11H17NO2/c1-8(13)10(7-12)9-5-3-4-6-11(9)14-2/h3-6,8,10,13H,7,12H2,1-2H3. The molecule has 3 N–H and O–H groups in total. The molecule has 0 bridgehead atoms. The fraction of sp³-hybridized carbons (Fsp3) is 0.455. The van der Waals surface area contributed by atoms with Gasteiger partial charge in [-0.3, -0.25) is 0 Å². The molecule has 3 heteroatoms. The second-order valence-corrected chi connectivity index (χ2v) is 3.32. The number of ether oxygens (including phenoxy) is 1. The van der Waals surface area contributed by atoms with Crippen molar-refractivity contribution in [2.45, 2.75) is 18.9 Å². The molecule has 0 saturated carbocycles. The Labute approximate surface area is 84.5 Å². The quantitative estimate of drug-likeness (QED) is 0.757. The summed E-state index contributed by atoms with van der Waals surface area (Å²) in [6, 6.07) is 7.63. The van der Waals surface area contributed by atoms with Crippen molar-refractivity contribution in [2.75, 3.05) is 13.7 Å². The first kappa shape index (κ1) is 11.0. The topological polar surface area (TPSA) is 55.5 Å². The van der Waals surface area contributed by atoms with E-state index in [1.165, 1.54) is 0 Å². The maximum absolute atomic E-state index is 9.55. The first-order valence-electron chi connectivity index (χ1n) is 4.71. The van der Waals surface area contributed by atoms with Crippen LogP contribution >= 0.6 is 0 Å². The van der Waals surface area contributed by atoms with Crippen molar-refractivity contribution in [3.8, 4) is 5.75 Å². The van der Waals surface area contributed by atoms with Crippen LogP contribution in [-0.2, 0) is 0 Å². The number of hydrogen-bond donors (Lipinski definition) is 2. The van der Waals surface area contributed by atoms with Crippen LogP contribution in [0.4, 0.5) is 0 Å². The Morgan fingerprint density at radius 2 is 2.07 bits per heavy atom. The lowest BCUT2D eigenvalue weighted by Crippen LogP contribution is -2.23. The third-order valence-corrected chi connectivity index (χ3v) is 2.37. The van der Waals surface area contributed by atoms with E-state index in [1.807, 2.05) is 24.3 Å². The van der Waals surface area contributed by atoms with Crippen LogP contribution in [0.2, 0.25) is 0 Å². The highest BCUT2D eigenvalue weighted by Gasteiger charge is 2.18. The van der Waals surface area contributed by atoms with Gasteiger partial charge < -0.3 is 15.6 Å². The Morgan fingerprint density at radius 1 is 1.43 bits per heavy atom. The Kier molecular flexibility index (Phi) is 3.92. The molecule has 0 aromatic heterocycles. The summed E-state index contributed by atoms with van der Waals surface area (Å²) in [6.45, 7) is 2.15. The smallest absolute Gasteiger partial charge is 0.122 e. The first-order chi connectivity index (χ1) is 6.70. The van der Waals surface area contributed by atoms with Crippen molar-refractivity contribution in [3.63, 3.8) is 0 Å². The molecule has 0 saturated heterocycles. The molecule has 0 spiro atoms. The highest BCUT2D eigenvalue weighted by atomic mass is 16.5. The largest absolute Gasteiger partial charge is 0.496 e. The highest BCUT2D eigenvalue weighted by molar-refractivity contribution is 5.36. The zero-order chi connectivity index (χ0) is 10.6. The van der Waals surface area contributed by atoms with Gasteiger partial charge in [0.15, 0.2) is 0 Å². The van der Waals surface area contributed by atoms with Gasteiger partial charge in [0, 0.05) is 18.0 Å². The van der Waals surface area contributed by atoms with Gasteiger partial charge in [0.25, 0.3) is 0 Å². The van der Waals surface area contributed by atoms with Crippen LogP contribution in [0, 0.1) is 0 Å². The van der Waals surface area contributed by atoms with Crippen LogP contribution in [0.3, 0.4) is 0 Å². The molecule has 2 unspecified atom stereocenters. The summed E-state index contributed by atoms with van der Waals surface area (Å²) in [5.74, 6) is 0.718. The predicted octanol–water partition coefficient (Wildman–Crippen LogP) is 1.12. The highest BCUT2D eigenvalue weighted by Crippen LogP contribution is 2.27. The van der Waals surface area contributed by atoms with Crippen LogP contribution in [0.15, 0.2) is 24.3 Å². The fourth-order valence-corrected chi connectivity index (χ4v) is 1.56. The summed E-state index contributed by atoms with van der Waals surface area (Å²) < 4.78 is 5.21. The van der Waals surface area contributed by atoms with Crippen molar-refractivity contribution in [2.24, 2.45) is 5.73 Å². The first-order valence-corrected chi connectivity index (χ1v) is 4.71. The van der Waals surface area contributed by atoms with E-state index in [9.17, 15) is 5.11 Å². The number of hydrogen-bond acceptors (Lipinski definition) is 3. The third-order valence-electron chi connectivity index (χ3n) is 2.37. The molecule has 78 valence electrons. The van der Waals surface area contributed by atoms with Gasteiger partial charge in [-0.2, -0.15) is 0 Å². The van der Waals surface area contributed by atoms with Crippen LogP contribution in [0.25, 0.3) is 0 Å². The number of aliphatic hydroxyl groups excluding tert-OH is 1. The zero-order valence-electron chi connectivity index (χ0n) is 8.60. The Morgan fingerprint density at radius 3 is 2.57 bits per heavy atom. The normalized spacial score (nSPS) is 14.9. The molecule has 0 fully saturated rings. The van der Waals surface area contributed by atoms with E-state index in [-0.39, 0.29) is 5.92 Å². The molecule has 1 aromatic rings. The van der Waals surface area contributed by atoms with Gasteiger partial charge in [0.2, 0.25) is 0 Å². The molecule has 0 heterocycles. The maximum atomic E-state index is 9.55. The van der Waals surface area contributed by atoms with Crippen molar-refractivity contribution in [1.82, 2.24) is 0 Å². The van der Waals surface area contributed by atoms with Gasteiger partial charge in [-0.05, 0) is 13.0 Å². The molecule has 1 rings (SSSR count). The van der Waals surface area contributed by atoms with Gasteiger partial charge in [-0.15, -0.1) is 0 Å². The van der Waals surface area contributed by atoms with E-state index >= 15 is 0 Å². The number of rotatable bonds is 4. The van der Waals surface area contributed by atoms with Crippen molar-refractivity contribution >= 4 is 0 Å². The monoisotopic (exact) mass is 195 g/mol. The van der Waals surface area contributed by atoms with E-state index in [0.29, 0.717) is 6.54 Å². The van der Waals surface area contributed by atoms with Gasteiger partial charge in [-0.1, -0.05) is 18.2 Å². The number of benzene rings is 1. The van der Waals surface area contributed by atoms with Crippen molar-refractivity contribution < 1.29 is 9.84 Å². The van der Waals surface area contributed by atoms with Crippen LogP contribution in [0.5, 0.6) is 5.75 Å². The molecule has 3 nitrogen and oxygen atoms in total. The van der Waals surface area contributed by atoms with E-state index in [0.717, 1.165) is 11.3 Å². The second-order valence-electron chi connectivity index (χ2n) is 3.32. The lowest BCUT2D eigenvalue weighted by atomic mass is 9.93. The summed E-state index contributed by atoms with van der Waals surface area (Å²) in [6.07, 6.45) is -0.462. The van der Waals surface area contributed by atoms with E-state index in [2.05, 4.69) is 0 Å². The molecule has 1 aromatic carbocycles. The average molecular weight is 195 g/mol. The van der Waals surface area contributed by atoms with Gasteiger partial charge >= 0.3 is 0 Å². The summed E-state index contributed by atoms with van der Waals surface area (Å²) in [5, 5.41) is 9.55. The van der Waals surface area contributed by atoms with E-state index < -0.39 is 6.10 Å². The molecule has 0 aliphatic rings. The van der Waals surface area contributed by atoms with Gasteiger partial charge in [0.1, 0.15) is 5.75 Å². The van der Waals surface area contributed by atoms with Crippen molar-refractivity contribution in [3.05, 3.63) is 29.8 Å². The molecule has 2 atom stereocenters. The Hall–Kier alpha value is -1.06. The molecule has 0 aliphatic carbocycles. The third kappa shape index (κ3) is 2.25. The molecule has 0 aliphatic heterocycles. The second kappa shape index (κ2) is 4.98. The zero-order valence-corrected chi connectivity index (χ0v) is 8.60. The summed E-state index contributed by atoms with van der Waals surface area (Å²) >= 11 is 0. The number of para-hydroxylation sites is 1. The number of nitrogens with two attached hydrogens (primary N) is 1. The van der Waals surface area contributed by atoms with E-state index in [4.69, 9.17) is 10.5 Å². The minimum absolute atomic E-state index is 0.0638. The lowest BCUT2D eigenvalue weighted by Gasteiger charge is -2.20. The average Bonchev–Trinajstić information content (AvgIpc) is 2.19. The summed E-state index contributed by atoms with van der Waals surface area (Å²) in [7, 11) is 1.62. The van der Waals surface area contributed by atoms with Crippen LogP contribution in [0.1, 0.15) is 18.4 Å². The predicted molar refractivity (Wildman–Crippen MR) is 56.5 cm³/mol. The van der Waals surface area contributed by atoms with Gasteiger partial charge in [0.05, 0.1) is 13.2 Å². The fourth-order valence-electron chi connectivity index (χ4n) is 1.56. The van der Waals surface area contributed by atoms with E-state index in [1.54, 1.807) is 14.0 Å². The SMILES string of the molecule is COc1ccccc1C(CN)C(C)O. The minimum Gasteiger partial charge on any atom is -0.496 e. The maximum Gasteiger partial charge on any atom is 0.122 e. The molecule has 0 amide bonds. The number of methoxy groups -OCH3 is 1. The Bertz CT molecular complexity index is 286. The van der Waals surface area contributed by atoms with Gasteiger partial charge in [-0.25, -0.2) is 0 Å². The summed E-state index contributed by atoms with van der Waals surface area (Å²) in [4.78, 5) is 0. The number of aliphatic hydroxyl groups is 1.